The number of hydrogen-bond acceptors (Lipinski definition) is 2. The molecule has 0 aliphatic rings. The van der Waals surface area contributed by atoms with Gasteiger partial charge in [-0.2, -0.15) is 0 Å². The summed E-state index contributed by atoms with van der Waals surface area (Å²) in [6.45, 7) is 1.83. The first-order valence-electron chi connectivity index (χ1n) is 2.37. The molecule has 0 unspecified atom stereocenters. The number of aromatic nitrogens is 1. The van der Waals surface area contributed by atoms with Gasteiger partial charge in [-0.15, -0.1) is 0 Å². The van der Waals surface area contributed by atoms with Gasteiger partial charge in [0.2, 0.25) is 0 Å². The van der Waals surface area contributed by atoms with Crippen LogP contribution < -0.4 is 4.74 Å². The zero-order valence-electron chi connectivity index (χ0n) is 4.66. The van der Waals surface area contributed by atoms with Crippen molar-refractivity contribution in [2.75, 3.05) is 7.11 Å². The van der Waals surface area contributed by atoms with E-state index in [1.807, 2.05) is 12.9 Å². The first-order chi connectivity index (χ1) is 3.93. The Balaban J connectivity index is 2.83. The van der Waals surface area contributed by atoms with Crippen molar-refractivity contribution in [1.82, 2.24) is 4.98 Å². The van der Waals surface area contributed by atoms with Crippen molar-refractivity contribution in [2.45, 2.75) is 0 Å². The Bertz CT molecular complexity index is 154. The van der Waals surface area contributed by atoms with E-state index in [1.54, 1.807) is 19.4 Å². The molecule has 1 aromatic rings. The normalized spacial score (nSPS) is 8.12. The fourth-order valence-corrected chi connectivity index (χ4v) is 0.468. The second-order valence-electron chi connectivity index (χ2n) is 1.39. The molecule has 1 aromatic heterocycles. The Morgan fingerprint density at radius 3 is 3.00 bits per heavy atom. The van der Waals surface area contributed by atoms with Gasteiger partial charge in [0.05, 0.1) is 0 Å². The molecule has 40 valence electrons. The van der Waals surface area contributed by atoms with Gasteiger partial charge in [0.15, 0.2) is 0 Å². The van der Waals surface area contributed by atoms with Crippen LogP contribution in [0.4, 0.5) is 0 Å². The number of rotatable bonds is 1. The third-order valence-electron chi connectivity index (χ3n) is 0.870. The number of ether oxygens (including phenoxy) is 1. The molecule has 3 heteroatoms. The van der Waals surface area contributed by atoms with Crippen LogP contribution in [0.3, 0.4) is 0 Å². The molecule has 0 N–H and O–H groups in total. The SMILES string of the molecule is COc1cbcnc1. The van der Waals surface area contributed by atoms with Crippen LogP contribution in [0.2, 0.25) is 0 Å². The molecule has 2 nitrogen and oxygen atoms in total. The minimum absolute atomic E-state index is 0.799. The molecule has 8 heavy (non-hydrogen) atoms. The third kappa shape index (κ3) is 1.06. The summed E-state index contributed by atoms with van der Waals surface area (Å²) in [5, 5.41) is 0. The van der Waals surface area contributed by atoms with E-state index in [-0.39, 0.29) is 0 Å². The van der Waals surface area contributed by atoms with Gasteiger partial charge in [-0.3, -0.25) is 0 Å². The van der Waals surface area contributed by atoms with Crippen molar-refractivity contribution in [3.05, 3.63) is 18.3 Å². The predicted molar refractivity (Wildman–Crippen MR) is 32.1 cm³/mol. The van der Waals surface area contributed by atoms with Gasteiger partial charge in [0.25, 0.3) is 0 Å². The standard InChI is InChI=1S/C5H6BNO/c1-8-5-2-6-4-7-3-5/h2-4H,1H3. The van der Waals surface area contributed by atoms with Crippen molar-refractivity contribution in [1.29, 1.82) is 0 Å². The summed E-state index contributed by atoms with van der Waals surface area (Å²) in [6, 6.07) is 0. The van der Waals surface area contributed by atoms with E-state index in [4.69, 9.17) is 4.74 Å². The second-order valence-corrected chi connectivity index (χ2v) is 1.39. The Morgan fingerprint density at radius 2 is 2.62 bits per heavy atom. The van der Waals surface area contributed by atoms with Crippen molar-refractivity contribution in [3.63, 3.8) is 0 Å². The van der Waals surface area contributed by atoms with Gasteiger partial charge in [0.1, 0.15) is 0 Å². The van der Waals surface area contributed by atoms with Crippen LogP contribution in [0.15, 0.2) is 18.3 Å². The van der Waals surface area contributed by atoms with Crippen molar-refractivity contribution in [3.8, 4) is 5.75 Å². The fraction of sp³-hybridized carbons (Fsp3) is 0.200. The molecule has 0 aliphatic heterocycles. The maximum atomic E-state index is 4.85. The summed E-state index contributed by atoms with van der Waals surface area (Å²) in [7, 11) is 1.62. The van der Waals surface area contributed by atoms with E-state index in [9.17, 15) is 0 Å². The van der Waals surface area contributed by atoms with E-state index >= 15 is 0 Å². The summed E-state index contributed by atoms with van der Waals surface area (Å²) < 4.78 is 4.85. The molecule has 0 spiro atoms. The summed E-state index contributed by atoms with van der Waals surface area (Å²) in [5.41, 5.74) is 0. The van der Waals surface area contributed by atoms with Crippen molar-refractivity contribution >= 4 is 6.91 Å². The topological polar surface area (TPSA) is 22.1 Å². The number of nitrogens with zero attached hydrogens (tertiary/aromatic N) is 1. The molecule has 0 bridgehead atoms. The quantitative estimate of drug-likeness (QED) is 0.519. The average Bonchev–Trinajstić information content (AvgIpc) is 1.90. The minimum atomic E-state index is 0.799. The van der Waals surface area contributed by atoms with E-state index < -0.39 is 0 Å². The Labute approximate surface area is 48.7 Å². The zero-order chi connectivity index (χ0) is 5.82. The van der Waals surface area contributed by atoms with Crippen LogP contribution in [0.5, 0.6) is 5.75 Å². The summed E-state index contributed by atoms with van der Waals surface area (Å²) in [5.74, 6) is 2.65. The predicted octanol–water partition coefficient (Wildman–Crippen LogP) is 0.428. The van der Waals surface area contributed by atoms with Gasteiger partial charge in [-0.05, 0) is 0 Å². The molecule has 0 amide bonds. The number of methoxy groups -OCH3 is 1. The average molecular weight is 107 g/mol. The molecule has 0 saturated carbocycles. The molecule has 0 radical (unpaired) electrons. The van der Waals surface area contributed by atoms with Crippen LogP contribution in [-0.4, -0.2) is 19.0 Å². The summed E-state index contributed by atoms with van der Waals surface area (Å²) >= 11 is 0. The van der Waals surface area contributed by atoms with Gasteiger partial charge in [-0.25, -0.2) is 0 Å². The van der Waals surface area contributed by atoms with Crippen LogP contribution in [0.1, 0.15) is 0 Å². The zero-order valence-corrected chi connectivity index (χ0v) is 4.66. The van der Waals surface area contributed by atoms with Gasteiger partial charge in [0, 0.05) is 0 Å². The van der Waals surface area contributed by atoms with Gasteiger partial charge in [-0.1, -0.05) is 0 Å². The number of hydrogen-bond donors (Lipinski definition) is 0. The molecule has 1 rings (SSSR count). The molecule has 0 aliphatic carbocycles. The van der Waals surface area contributed by atoms with Crippen molar-refractivity contribution < 1.29 is 4.74 Å². The van der Waals surface area contributed by atoms with Gasteiger partial charge >= 0.3 is 47.7 Å². The van der Waals surface area contributed by atoms with E-state index in [2.05, 4.69) is 4.98 Å². The van der Waals surface area contributed by atoms with Crippen LogP contribution in [0, 0.1) is 0 Å². The monoisotopic (exact) mass is 107 g/mol. The maximum absolute atomic E-state index is 4.85. The molecule has 0 aromatic carbocycles. The van der Waals surface area contributed by atoms with Gasteiger partial charge < -0.3 is 0 Å². The second kappa shape index (κ2) is 2.45. The fourth-order valence-electron chi connectivity index (χ4n) is 0.468. The van der Waals surface area contributed by atoms with E-state index in [0.29, 0.717) is 0 Å². The summed E-state index contributed by atoms with van der Waals surface area (Å²) in [6.07, 6.45) is 3.38. The van der Waals surface area contributed by atoms with Crippen LogP contribution in [-0.2, 0) is 0 Å². The molecule has 0 saturated heterocycles. The van der Waals surface area contributed by atoms with Crippen LogP contribution >= 0.6 is 0 Å². The summed E-state index contributed by atoms with van der Waals surface area (Å²) in [4.78, 5) is 3.83. The Hall–Kier alpha value is -0.855. The molecule has 1 heterocycles. The molecular weight excluding hydrogens is 101 g/mol. The molecular formula is C5H6BNO. The van der Waals surface area contributed by atoms with E-state index in [1.165, 1.54) is 0 Å². The first-order valence-corrected chi connectivity index (χ1v) is 2.37. The van der Waals surface area contributed by atoms with Crippen LogP contribution in [0.25, 0.3) is 0 Å². The first kappa shape index (κ1) is 5.28. The molecule has 0 atom stereocenters. The third-order valence-corrected chi connectivity index (χ3v) is 0.870. The Morgan fingerprint density at radius 1 is 1.75 bits per heavy atom. The van der Waals surface area contributed by atoms with Crippen molar-refractivity contribution in [2.24, 2.45) is 0 Å². The Kier molecular flexibility index (Phi) is 1.62. The molecule has 0 fully saturated rings. The van der Waals surface area contributed by atoms with E-state index in [0.717, 1.165) is 5.75 Å².